The van der Waals surface area contributed by atoms with E-state index < -0.39 is 0 Å². The summed E-state index contributed by atoms with van der Waals surface area (Å²) in [7, 11) is 0. The minimum atomic E-state index is -0.204. The first kappa shape index (κ1) is 22.4. The van der Waals surface area contributed by atoms with E-state index in [-0.39, 0.29) is 11.7 Å². The molecule has 3 aromatic rings. The maximum absolute atomic E-state index is 15.4. The lowest BCUT2D eigenvalue weighted by Gasteiger charge is -2.27. The minimum absolute atomic E-state index is 0.204. The van der Waals surface area contributed by atoms with Crippen molar-refractivity contribution in [3.8, 4) is 23.7 Å². The summed E-state index contributed by atoms with van der Waals surface area (Å²) in [5.74, 6) is 12.6. The molecule has 1 heteroatoms. The third-order valence-corrected chi connectivity index (χ3v) is 5.48. The first-order valence-corrected chi connectivity index (χ1v) is 11.1. The van der Waals surface area contributed by atoms with Crippen LogP contribution in [0.15, 0.2) is 60.7 Å². The lowest BCUT2D eigenvalue weighted by Crippen LogP contribution is -2.13. The van der Waals surface area contributed by atoms with Crippen molar-refractivity contribution in [2.45, 2.75) is 52.9 Å². The molecule has 0 atom stereocenters. The van der Waals surface area contributed by atoms with Gasteiger partial charge < -0.3 is 0 Å². The second kappa shape index (κ2) is 10.7. The lowest BCUT2D eigenvalue weighted by atomic mass is 9.77. The highest BCUT2D eigenvalue weighted by Gasteiger charge is 2.26. The predicted octanol–water partition coefficient (Wildman–Crippen LogP) is 7.54. The summed E-state index contributed by atoms with van der Waals surface area (Å²) in [5, 5.41) is 0. The standard InChI is InChI=1S/C28H23F.C2H6/c1-20-6-10-22(11-7-20)14-16-25-18-19-26(28(29)27(25)24-4-3-5-24)17-15-23-12-8-21(2)9-13-23;1-2/h6-13,18-19,24H,3-5H2,1-2H3;1-2H3. The van der Waals surface area contributed by atoms with Crippen LogP contribution in [0, 0.1) is 43.3 Å². The Kier molecular flexibility index (Phi) is 7.70. The zero-order valence-corrected chi connectivity index (χ0v) is 18.9. The second-order valence-corrected chi connectivity index (χ2v) is 7.75. The smallest absolute Gasteiger partial charge is 0.143 e. The number of hydrogen-bond acceptors (Lipinski definition) is 0. The van der Waals surface area contributed by atoms with Crippen LogP contribution in [0.4, 0.5) is 4.39 Å². The maximum atomic E-state index is 15.4. The number of aryl methyl sites for hydroxylation is 2. The molecule has 1 fully saturated rings. The Morgan fingerprint density at radius 3 is 1.55 bits per heavy atom. The van der Waals surface area contributed by atoms with Crippen molar-refractivity contribution in [2.24, 2.45) is 0 Å². The van der Waals surface area contributed by atoms with E-state index >= 15 is 4.39 Å². The van der Waals surface area contributed by atoms with Crippen LogP contribution in [0.3, 0.4) is 0 Å². The quantitative estimate of drug-likeness (QED) is 0.365. The molecule has 0 N–H and O–H groups in total. The van der Waals surface area contributed by atoms with Crippen molar-refractivity contribution >= 4 is 0 Å². The highest BCUT2D eigenvalue weighted by Crippen LogP contribution is 2.40. The van der Waals surface area contributed by atoms with Gasteiger partial charge in [-0.1, -0.05) is 79.3 Å². The molecule has 1 saturated carbocycles. The van der Waals surface area contributed by atoms with E-state index in [1.165, 1.54) is 11.1 Å². The molecule has 0 bridgehead atoms. The highest BCUT2D eigenvalue weighted by atomic mass is 19.1. The molecule has 0 spiro atoms. The highest BCUT2D eigenvalue weighted by molar-refractivity contribution is 5.54. The van der Waals surface area contributed by atoms with Gasteiger partial charge in [0.25, 0.3) is 0 Å². The fourth-order valence-corrected chi connectivity index (χ4v) is 3.45. The first-order valence-electron chi connectivity index (χ1n) is 11.1. The van der Waals surface area contributed by atoms with Crippen LogP contribution >= 0.6 is 0 Å². The van der Waals surface area contributed by atoms with Crippen LogP contribution in [-0.4, -0.2) is 0 Å². The van der Waals surface area contributed by atoms with Crippen LogP contribution in [0.1, 0.15) is 78.0 Å². The van der Waals surface area contributed by atoms with Crippen LogP contribution < -0.4 is 0 Å². The van der Waals surface area contributed by atoms with E-state index in [9.17, 15) is 0 Å². The summed E-state index contributed by atoms with van der Waals surface area (Å²) in [4.78, 5) is 0. The fraction of sp³-hybridized carbons (Fsp3) is 0.267. The summed E-state index contributed by atoms with van der Waals surface area (Å²) in [6, 6.07) is 19.8. The lowest BCUT2D eigenvalue weighted by molar-refractivity contribution is 0.403. The summed E-state index contributed by atoms with van der Waals surface area (Å²) in [5.41, 5.74) is 6.20. The van der Waals surface area contributed by atoms with Gasteiger partial charge in [-0.2, -0.15) is 0 Å². The van der Waals surface area contributed by atoms with Gasteiger partial charge in [-0.3, -0.25) is 0 Å². The Bertz CT molecular complexity index is 1140. The Labute approximate surface area is 186 Å². The molecular formula is C30H29F. The van der Waals surface area contributed by atoms with Gasteiger partial charge in [-0.15, -0.1) is 0 Å². The molecule has 3 aromatic carbocycles. The van der Waals surface area contributed by atoms with Gasteiger partial charge in [0, 0.05) is 22.3 Å². The third-order valence-electron chi connectivity index (χ3n) is 5.48. The first-order chi connectivity index (χ1) is 15.1. The van der Waals surface area contributed by atoms with Gasteiger partial charge in [-0.05, 0) is 69.0 Å². The van der Waals surface area contributed by atoms with E-state index in [0.29, 0.717) is 5.56 Å². The normalized spacial score (nSPS) is 12.3. The van der Waals surface area contributed by atoms with E-state index in [1.807, 2.05) is 75.4 Å². The second-order valence-electron chi connectivity index (χ2n) is 7.75. The van der Waals surface area contributed by atoms with Gasteiger partial charge in [0.1, 0.15) is 5.82 Å². The zero-order chi connectivity index (χ0) is 22.2. The molecule has 0 nitrogen and oxygen atoms in total. The van der Waals surface area contributed by atoms with Crippen molar-refractivity contribution in [1.29, 1.82) is 0 Å². The monoisotopic (exact) mass is 408 g/mol. The molecule has 0 unspecified atom stereocenters. The molecule has 156 valence electrons. The van der Waals surface area contributed by atoms with Gasteiger partial charge in [0.05, 0.1) is 5.56 Å². The summed E-state index contributed by atoms with van der Waals surface area (Å²) >= 11 is 0. The Morgan fingerprint density at radius 2 is 1.10 bits per heavy atom. The predicted molar refractivity (Wildman–Crippen MR) is 129 cm³/mol. The molecule has 0 saturated heterocycles. The summed E-state index contributed by atoms with van der Waals surface area (Å²) < 4.78 is 15.4. The molecule has 4 rings (SSSR count). The van der Waals surface area contributed by atoms with Gasteiger partial charge >= 0.3 is 0 Å². The van der Waals surface area contributed by atoms with Gasteiger partial charge in [0.2, 0.25) is 0 Å². The number of hydrogen-bond donors (Lipinski definition) is 0. The molecule has 0 amide bonds. The van der Waals surface area contributed by atoms with Gasteiger partial charge in [0.15, 0.2) is 0 Å². The number of halogens is 1. The average molecular weight is 409 g/mol. The average Bonchev–Trinajstić information content (AvgIpc) is 2.76. The Balaban J connectivity index is 0.00000132. The van der Waals surface area contributed by atoms with Crippen molar-refractivity contribution < 1.29 is 4.39 Å². The summed E-state index contributed by atoms with van der Waals surface area (Å²) in [6.45, 7) is 8.09. The van der Waals surface area contributed by atoms with E-state index in [1.54, 1.807) is 6.07 Å². The van der Waals surface area contributed by atoms with Crippen LogP contribution in [0.2, 0.25) is 0 Å². The third kappa shape index (κ3) is 5.65. The maximum Gasteiger partial charge on any atom is 0.143 e. The fourth-order valence-electron chi connectivity index (χ4n) is 3.45. The minimum Gasteiger partial charge on any atom is -0.205 e. The van der Waals surface area contributed by atoms with Gasteiger partial charge in [-0.25, -0.2) is 4.39 Å². The number of benzene rings is 3. The van der Waals surface area contributed by atoms with Crippen molar-refractivity contribution in [1.82, 2.24) is 0 Å². The van der Waals surface area contributed by atoms with Crippen molar-refractivity contribution in [2.75, 3.05) is 0 Å². The Hall–Kier alpha value is -3.29. The molecule has 1 aliphatic rings. The molecule has 0 aliphatic heterocycles. The molecular weight excluding hydrogens is 379 g/mol. The topological polar surface area (TPSA) is 0 Å². The van der Waals surface area contributed by atoms with E-state index in [2.05, 4.69) is 30.6 Å². The number of rotatable bonds is 1. The van der Waals surface area contributed by atoms with E-state index in [4.69, 9.17) is 0 Å². The molecule has 1 aliphatic carbocycles. The Morgan fingerprint density at radius 1 is 0.645 bits per heavy atom. The molecule has 0 heterocycles. The largest absolute Gasteiger partial charge is 0.205 e. The van der Waals surface area contributed by atoms with Crippen LogP contribution in [0.25, 0.3) is 0 Å². The van der Waals surface area contributed by atoms with Crippen LogP contribution in [-0.2, 0) is 0 Å². The summed E-state index contributed by atoms with van der Waals surface area (Å²) in [6.07, 6.45) is 3.18. The van der Waals surface area contributed by atoms with Crippen molar-refractivity contribution in [3.05, 3.63) is 105 Å². The molecule has 31 heavy (non-hydrogen) atoms. The van der Waals surface area contributed by atoms with Crippen molar-refractivity contribution in [3.63, 3.8) is 0 Å². The van der Waals surface area contributed by atoms with E-state index in [0.717, 1.165) is 41.5 Å². The molecule has 0 radical (unpaired) electrons. The SMILES string of the molecule is CC.Cc1ccc(C#Cc2ccc(C#Cc3ccc(C)cc3)c(C3CCC3)c2F)cc1. The van der Waals surface area contributed by atoms with Crippen LogP contribution in [0.5, 0.6) is 0 Å². The molecule has 0 aromatic heterocycles. The zero-order valence-electron chi connectivity index (χ0n) is 18.9.